The summed E-state index contributed by atoms with van der Waals surface area (Å²) in [5, 5.41) is 12.7. The van der Waals surface area contributed by atoms with Gasteiger partial charge in [-0.15, -0.1) is 0 Å². The molecule has 2 N–H and O–H groups in total. The summed E-state index contributed by atoms with van der Waals surface area (Å²) in [4.78, 5) is 25.5. The molecule has 102 valence electrons. The third-order valence-electron chi connectivity index (χ3n) is 3.01. The average Bonchev–Trinajstić information content (AvgIpc) is 2.94. The van der Waals surface area contributed by atoms with Crippen LogP contribution in [0.1, 0.15) is 21.8 Å². The number of imidazole rings is 1. The highest BCUT2D eigenvalue weighted by Crippen LogP contribution is 2.14. The second kappa shape index (κ2) is 4.37. The predicted molar refractivity (Wildman–Crippen MR) is 69.9 cm³/mol. The van der Waals surface area contributed by atoms with Gasteiger partial charge >= 0.3 is 11.7 Å². The fourth-order valence-corrected chi connectivity index (χ4v) is 2.10. The van der Waals surface area contributed by atoms with Crippen molar-refractivity contribution in [3.63, 3.8) is 0 Å². The van der Waals surface area contributed by atoms with Crippen molar-refractivity contribution in [2.45, 2.75) is 13.5 Å². The molecule has 0 amide bonds. The summed E-state index contributed by atoms with van der Waals surface area (Å²) in [5.41, 5.74) is 1.64. The molecule has 7 nitrogen and oxygen atoms in total. The van der Waals surface area contributed by atoms with E-state index >= 15 is 0 Å². The van der Waals surface area contributed by atoms with E-state index in [4.69, 9.17) is 9.63 Å². The van der Waals surface area contributed by atoms with Gasteiger partial charge in [-0.05, 0) is 25.1 Å². The minimum absolute atomic E-state index is 0.126. The topological polar surface area (TPSA) is 101 Å². The number of hydrogen-bond acceptors (Lipinski definition) is 4. The summed E-state index contributed by atoms with van der Waals surface area (Å²) in [6, 6.07) is 6.23. The van der Waals surface area contributed by atoms with E-state index in [9.17, 15) is 9.59 Å². The molecule has 0 spiro atoms. The summed E-state index contributed by atoms with van der Waals surface area (Å²) < 4.78 is 6.56. The minimum atomic E-state index is -1.04. The number of carboxylic acid groups (broad SMARTS) is 1. The van der Waals surface area contributed by atoms with Crippen molar-refractivity contribution >= 4 is 17.0 Å². The van der Waals surface area contributed by atoms with E-state index in [0.29, 0.717) is 16.8 Å². The molecule has 3 rings (SSSR count). The highest BCUT2D eigenvalue weighted by atomic mass is 16.5. The Bertz CT molecular complexity index is 856. The summed E-state index contributed by atoms with van der Waals surface area (Å²) in [6.07, 6.45) is 0. The number of carboxylic acids is 1. The number of aromatic amines is 1. The smallest absolute Gasteiger partial charge is 0.335 e. The molecule has 0 atom stereocenters. The van der Waals surface area contributed by atoms with Gasteiger partial charge in [0.1, 0.15) is 0 Å². The molecule has 20 heavy (non-hydrogen) atoms. The van der Waals surface area contributed by atoms with Crippen LogP contribution in [0.4, 0.5) is 0 Å². The van der Waals surface area contributed by atoms with Crippen molar-refractivity contribution in [3.8, 4) is 0 Å². The first kappa shape index (κ1) is 12.2. The SMILES string of the molecule is Cc1cc(Cn2c(=O)[nH]c3cc(C(=O)O)ccc32)on1. The van der Waals surface area contributed by atoms with Gasteiger partial charge in [-0.2, -0.15) is 0 Å². The Kier molecular flexibility index (Phi) is 2.67. The van der Waals surface area contributed by atoms with Gasteiger partial charge < -0.3 is 14.6 Å². The maximum atomic E-state index is 11.9. The Morgan fingerprint density at radius 1 is 1.45 bits per heavy atom. The van der Waals surface area contributed by atoms with Crippen LogP contribution in [0.3, 0.4) is 0 Å². The van der Waals surface area contributed by atoms with Crippen LogP contribution in [0.15, 0.2) is 33.6 Å². The largest absolute Gasteiger partial charge is 0.478 e. The van der Waals surface area contributed by atoms with Crippen LogP contribution in [0.2, 0.25) is 0 Å². The van der Waals surface area contributed by atoms with E-state index in [2.05, 4.69) is 10.1 Å². The molecule has 2 aromatic heterocycles. The van der Waals surface area contributed by atoms with Gasteiger partial charge in [0, 0.05) is 6.07 Å². The van der Waals surface area contributed by atoms with Crippen molar-refractivity contribution < 1.29 is 14.4 Å². The number of hydrogen-bond donors (Lipinski definition) is 2. The zero-order valence-corrected chi connectivity index (χ0v) is 10.6. The van der Waals surface area contributed by atoms with Gasteiger partial charge in [0.25, 0.3) is 0 Å². The van der Waals surface area contributed by atoms with E-state index < -0.39 is 5.97 Å². The fourth-order valence-electron chi connectivity index (χ4n) is 2.10. The van der Waals surface area contributed by atoms with Crippen LogP contribution >= 0.6 is 0 Å². The Labute approximate surface area is 112 Å². The molecular formula is C13H11N3O4. The third-order valence-corrected chi connectivity index (χ3v) is 3.01. The average molecular weight is 273 g/mol. The Balaban J connectivity index is 2.09. The number of fused-ring (bicyclic) bond motifs is 1. The molecule has 1 aromatic carbocycles. The summed E-state index contributed by atoms with van der Waals surface area (Å²) in [5.74, 6) is -0.473. The highest BCUT2D eigenvalue weighted by Gasteiger charge is 2.12. The van der Waals surface area contributed by atoms with Gasteiger partial charge in [-0.25, -0.2) is 9.59 Å². The lowest BCUT2D eigenvalue weighted by atomic mass is 10.2. The van der Waals surface area contributed by atoms with E-state index in [1.54, 1.807) is 19.1 Å². The molecule has 0 aliphatic rings. The van der Waals surface area contributed by atoms with Crippen LogP contribution in [0.25, 0.3) is 11.0 Å². The Hall–Kier alpha value is -2.83. The monoisotopic (exact) mass is 273 g/mol. The molecule has 0 aliphatic heterocycles. The van der Waals surface area contributed by atoms with Crippen molar-refractivity contribution in [3.05, 3.63) is 51.8 Å². The number of rotatable bonds is 3. The van der Waals surface area contributed by atoms with Crippen LogP contribution in [0, 0.1) is 6.92 Å². The maximum Gasteiger partial charge on any atom is 0.335 e. The van der Waals surface area contributed by atoms with E-state index in [-0.39, 0.29) is 17.8 Å². The molecule has 0 radical (unpaired) electrons. The van der Waals surface area contributed by atoms with Crippen LogP contribution in [-0.2, 0) is 6.54 Å². The lowest BCUT2D eigenvalue weighted by Gasteiger charge is -2.00. The molecule has 3 aromatic rings. The van der Waals surface area contributed by atoms with Gasteiger partial charge in [0.15, 0.2) is 5.76 Å². The number of benzene rings is 1. The van der Waals surface area contributed by atoms with Gasteiger partial charge in [0.2, 0.25) is 0 Å². The normalized spacial score (nSPS) is 11.1. The molecule has 2 heterocycles. The quantitative estimate of drug-likeness (QED) is 0.750. The van der Waals surface area contributed by atoms with Crippen molar-refractivity contribution in [2.24, 2.45) is 0 Å². The summed E-state index contributed by atoms with van der Waals surface area (Å²) >= 11 is 0. The fraction of sp³-hybridized carbons (Fsp3) is 0.154. The lowest BCUT2D eigenvalue weighted by Crippen LogP contribution is -2.16. The lowest BCUT2D eigenvalue weighted by molar-refractivity contribution is 0.0697. The standard InChI is InChI=1S/C13H11N3O4/c1-7-4-9(20-15-7)6-16-11-3-2-8(12(17)18)5-10(11)14-13(16)19/h2-5H,6H2,1H3,(H,14,19)(H,17,18). The molecule has 0 unspecified atom stereocenters. The first-order valence-electron chi connectivity index (χ1n) is 5.92. The molecule has 7 heteroatoms. The minimum Gasteiger partial charge on any atom is -0.478 e. The second-order valence-electron chi connectivity index (χ2n) is 4.49. The van der Waals surface area contributed by atoms with E-state index in [1.807, 2.05) is 0 Å². The first-order chi connectivity index (χ1) is 9.54. The molecular weight excluding hydrogens is 262 g/mol. The highest BCUT2D eigenvalue weighted by molar-refractivity contribution is 5.92. The molecule has 0 aliphatic carbocycles. The number of aromatic nitrogens is 3. The number of nitrogens with one attached hydrogen (secondary N) is 1. The molecule has 0 fully saturated rings. The van der Waals surface area contributed by atoms with Crippen molar-refractivity contribution in [1.82, 2.24) is 14.7 Å². The van der Waals surface area contributed by atoms with Crippen molar-refractivity contribution in [1.29, 1.82) is 0 Å². The molecule has 0 saturated carbocycles. The van der Waals surface area contributed by atoms with E-state index in [0.717, 1.165) is 5.69 Å². The van der Waals surface area contributed by atoms with Crippen molar-refractivity contribution in [2.75, 3.05) is 0 Å². The predicted octanol–water partition coefficient (Wildman–Crippen LogP) is 1.37. The maximum absolute atomic E-state index is 11.9. The first-order valence-corrected chi connectivity index (χ1v) is 5.92. The number of aromatic carboxylic acids is 1. The van der Waals surface area contributed by atoms with Crippen LogP contribution in [-0.4, -0.2) is 25.8 Å². The molecule has 0 bridgehead atoms. The summed E-state index contributed by atoms with van der Waals surface area (Å²) in [7, 11) is 0. The van der Waals surface area contributed by atoms with Crippen LogP contribution < -0.4 is 5.69 Å². The Morgan fingerprint density at radius 2 is 2.25 bits per heavy atom. The Morgan fingerprint density at radius 3 is 2.90 bits per heavy atom. The number of nitrogens with zero attached hydrogens (tertiary/aromatic N) is 2. The van der Waals surface area contributed by atoms with Crippen LogP contribution in [0.5, 0.6) is 0 Å². The number of aryl methyl sites for hydroxylation is 1. The third kappa shape index (κ3) is 1.99. The number of carbonyl (C=O) groups is 1. The summed E-state index contributed by atoms with van der Waals surface area (Å²) in [6.45, 7) is 2.04. The zero-order valence-electron chi connectivity index (χ0n) is 10.6. The van der Waals surface area contributed by atoms with Gasteiger partial charge in [0.05, 0.1) is 28.8 Å². The molecule has 0 saturated heterocycles. The van der Waals surface area contributed by atoms with Gasteiger partial charge in [-0.3, -0.25) is 4.57 Å². The van der Waals surface area contributed by atoms with E-state index in [1.165, 1.54) is 16.7 Å². The zero-order chi connectivity index (χ0) is 14.3. The van der Waals surface area contributed by atoms with Gasteiger partial charge in [-0.1, -0.05) is 5.16 Å². The number of H-pyrrole nitrogens is 1. The second-order valence-corrected chi connectivity index (χ2v) is 4.49.